The first-order valence-electron chi connectivity index (χ1n) is 6.58. The van der Waals surface area contributed by atoms with Gasteiger partial charge in [-0.15, -0.1) is 0 Å². The second kappa shape index (κ2) is 7.89. The highest BCUT2D eigenvalue weighted by Gasteiger charge is 2.03. The maximum absolute atomic E-state index is 13.4. The predicted octanol–water partition coefficient (Wildman–Crippen LogP) is 4.02. The number of hydrogen-bond acceptors (Lipinski definition) is 4. The Kier molecular flexibility index (Phi) is 5.58. The summed E-state index contributed by atoms with van der Waals surface area (Å²) in [5, 5.41) is 3.67. The third-order valence-corrected chi connectivity index (χ3v) is 2.49. The van der Waals surface area contributed by atoms with E-state index in [0.29, 0.717) is 24.7 Å². The number of para-hydroxylation sites is 1. The van der Waals surface area contributed by atoms with Crippen LogP contribution in [0.15, 0.2) is 53.7 Å². The Labute approximate surface area is 122 Å². The Balaban J connectivity index is 1.89. The topological polar surface area (TPSA) is 40.0 Å². The van der Waals surface area contributed by atoms with E-state index in [4.69, 9.17) is 14.3 Å². The molecule has 0 radical (unpaired) electrons. The summed E-state index contributed by atoms with van der Waals surface area (Å²) in [5.74, 6) is 0.995. The molecule has 0 bridgehead atoms. The highest BCUT2D eigenvalue weighted by molar-refractivity contribution is 5.58. The van der Waals surface area contributed by atoms with Gasteiger partial charge in [0.15, 0.2) is 11.6 Å². The van der Waals surface area contributed by atoms with Crippen molar-refractivity contribution in [1.29, 1.82) is 0 Å². The molecular formula is C16H16FNO3. The summed E-state index contributed by atoms with van der Waals surface area (Å²) in [7, 11) is 0. The molecule has 0 aromatic heterocycles. The smallest absolute Gasteiger partial charge is 0.165 e. The summed E-state index contributed by atoms with van der Waals surface area (Å²) in [6, 6.07) is 13.2. The van der Waals surface area contributed by atoms with E-state index in [1.54, 1.807) is 42.5 Å². The van der Waals surface area contributed by atoms with Gasteiger partial charge in [-0.1, -0.05) is 17.3 Å². The minimum Gasteiger partial charge on any atom is -0.488 e. The molecule has 2 rings (SSSR count). The van der Waals surface area contributed by atoms with Crippen molar-refractivity contribution in [2.24, 2.45) is 5.16 Å². The molecule has 0 saturated carbocycles. The van der Waals surface area contributed by atoms with Gasteiger partial charge < -0.3 is 14.3 Å². The second-order valence-corrected chi connectivity index (χ2v) is 4.02. The number of rotatable bonds is 7. The number of halogens is 1. The summed E-state index contributed by atoms with van der Waals surface area (Å²) in [6.07, 6.45) is 1.53. The second-order valence-electron chi connectivity index (χ2n) is 4.02. The third-order valence-electron chi connectivity index (χ3n) is 2.49. The minimum absolute atomic E-state index is 0.190. The van der Waals surface area contributed by atoms with E-state index in [-0.39, 0.29) is 5.75 Å². The maximum Gasteiger partial charge on any atom is 0.165 e. The molecule has 0 unspecified atom stereocenters. The van der Waals surface area contributed by atoms with Gasteiger partial charge in [0, 0.05) is 0 Å². The van der Waals surface area contributed by atoms with Gasteiger partial charge in [0.2, 0.25) is 0 Å². The van der Waals surface area contributed by atoms with Crippen LogP contribution in [-0.4, -0.2) is 19.4 Å². The zero-order valence-electron chi connectivity index (χ0n) is 11.7. The average molecular weight is 289 g/mol. The van der Waals surface area contributed by atoms with Crippen LogP contribution in [0, 0.1) is 5.82 Å². The van der Waals surface area contributed by atoms with Gasteiger partial charge in [0.1, 0.15) is 24.7 Å². The van der Waals surface area contributed by atoms with Crippen molar-refractivity contribution in [3.63, 3.8) is 0 Å². The molecule has 2 aromatic carbocycles. The summed E-state index contributed by atoms with van der Waals surface area (Å²) in [6.45, 7) is 2.69. The largest absolute Gasteiger partial charge is 0.488 e. The molecule has 0 aliphatic rings. The number of ether oxygens (including phenoxy) is 2. The van der Waals surface area contributed by atoms with Crippen LogP contribution in [-0.2, 0) is 4.84 Å². The van der Waals surface area contributed by atoms with Crippen molar-refractivity contribution in [3.05, 3.63) is 54.3 Å². The Hall–Kier alpha value is -2.56. The molecule has 2 aromatic rings. The Morgan fingerprint density at radius 1 is 1.05 bits per heavy atom. The van der Waals surface area contributed by atoms with E-state index in [1.807, 2.05) is 6.92 Å². The van der Waals surface area contributed by atoms with E-state index >= 15 is 0 Å². The number of hydrogen-bond donors (Lipinski definition) is 0. The maximum atomic E-state index is 13.4. The van der Waals surface area contributed by atoms with Gasteiger partial charge in [-0.05, 0) is 43.3 Å². The highest BCUT2D eigenvalue weighted by atomic mass is 19.1. The number of oxime groups is 1. The van der Waals surface area contributed by atoms with Crippen molar-refractivity contribution < 1.29 is 18.7 Å². The van der Waals surface area contributed by atoms with E-state index in [2.05, 4.69) is 5.16 Å². The molecule has 0 atom stereocenters. The lowest BCUT2D eigenvalue weighted by Crippen LogP contribution is -1.98. The van der Waals surface area contributed by atoms with Crippen LogP contribution in [0.3, 0.4) is 0 Å². The minimum atomic E-state index is -0.398. The first-order valence-corrected chi connectivity index (χ1v) is 6.58. The number of nitrogens with zero attached hydrogens (tertiary/aromatic N) is 1. The van der Waals surface area contributed by atoms with Crippen LogP contribution in [0.4, 0.5) is 4.39 Å². The van der Waals surface area contributed by atoms with Crippen LogP contribution in [0.25, 0.3) is 0 Å². The summed E-state index contributed by atoms with van der Waals surface area (Å²) < 4.78 is 24.3. The molecule has 0 aliphatic heterocycles. The molecule has 0 heterocycles. The average Bonchev–Trinajstić information content (AvgIpc) is 2.51. The lowest BCUT2D eigenvalue weighted by molar-refractivity contribution is 0.158. The number of benzene rings is 2. The quantitative estimate of drug-likeness (QED) is 0.571. The molecule has 110 valence electrons. The van der Waals surface area contributed by atoms with Crippen molar-refractivity contribution >= 4 is 6.21 Å². The van der Waals surface area contributed by atoms with Gasteiger partial charge in [0.05, 0.1) is 6.21 Å². The van der Waals surface area contributed by atoms with Crippen LogP contribution in [0.5, 0.6) is 17.2 Å². The molecule has 0 aliphatic carbocycles. The normalized spacial score (nSPS) is 10.6. The molecule has 4 nitrogen and oxygen atoms in total. The molecule has 0 N–H and O–H groups in total. The standard InChI is InChI=1S/C16H16FNO3/c1-2-20-18-11-12-19-13-7-9-14(10-8-13)21-16-6-4-3-5-15(16)17/h3-11H,2,12H2,1H3/b18-11+. The predicted molar refractivity (Wildman–Crippen MR) is 78.5 cm³/mol. The third kappa shape index (κ3) is 4.80. The zero-order valence-corrected chi connectivity index (χ0v) is 11.7. The van der Waals surface area contributed by atoms with Gasteiger partial charge in [-0.25, -0.2) is 4.39 Å². The van der Waals surface area contributed by atoms with Crippen LogP contribution >= 0.6 is 0 Å². The first kappa shape index (κ1) is 14.8. The van der Waals surface area contributed by atoms with E-state index < -0.39 is 5.82 Å². The molecule has 0 fully saturated rings. The van der Waals surface area contributed by atoms with Gasteiger partial charge >= 0.3 is 0 Å². The fraction of sp³-hybridized carbons (Fsp3) is 0.188. The first-order chi connectivity index (χ1) is 10.3. The summed E-state index contributed by atoms with van der Waals surface area (Å²) in [4.78, 5) is 4.80. The fourth-order valence-corrected chi connectivity index (χ4v) is 1.55. The van der Waals surface area contributed by atoms with Crippen LogP contribution < -0.4 is 9.47 Å². The van der Waals surface area contributed by atoms with E-state index in [1.165, 1.54) is 12.3 Å². The Morgan fingerprint density at radius 3 is 2.48 bits per heavy atom. The van der Waals surface area contributed by atoms with Crippen molar-refractivity contribution in [2.45, 2.75) is 6.92 Å². The monoisotopic (exact) mass is 289 g/mol. The van der Waals surface area contributed by atoms with Gasteiger partial charge in [-0.3, -0.25) is 0 Å². The molecule has 21 heavy (non-hydrogen) atoms. The van der Waals surface area contributed by atoms with Crippen molar-refractivity contribution in [3.8, 4) is 17.2 Å². The molecule has 0 saturated heterocycles. The molecular weight excluding hydrogens is 273 g/mol. The molecule has 0 spiro atoms. The lowest BCUT2D eigenvalue weighted by atomic mass is 10.3. The van der Waals surface area contributed by atoms with Gasteiger partial charge in [-0.2, -0.15) is 0 Å². The van der Waals surface area contributed by atoms with E-state index in [0.717, 1.165) is 0 Å². The fourth-order valence-electron chi connectivity index (χ4n) is 1.55. The summed E-state index contributed by atoms with van der Waals surface area (Å²) >= 11 is 0. The SMILES string of the molecule is CCO/N=C/COc1ccc(Oc2ccccc2F)cc1. The highest BCUT2D eigenvalue weighted by Crippen LogP contribution is 2.25. The van der Waals surface area contributed by atoms with Crippen LogP contribution in [0.2, 0.25) is 0 Å². The van der Waals surface area contributed by atoms with Crippen LogP contribution in [0.1, 0.15) is 6.92 Å². The Bertz CT molecular complexity index is 584. The lowest BCUT2D eigenvalue weighted by Gasteiger charge is -2.07. The van der Waals surface area contributed by atoms with E-state index in [9.17, 15) is 4.39 Å². The zero-order chi connectivity index (χ0) is 14.9. The molecule has 0 amide bonds. The van der Waals surface area contributed by atoms with Crippen molar-refractivity contribution in [1.82, 2.24) is 0 Å². The Morgan fingerprint density at radius 2 is 1.76 bits per heavy atom. The van der Waals surface area contributed by atoms with Gasteiger partial charge in [0.25, 0.3) is 0 Å². The molecule has 5 heteroatoms. The van der Waals surface area contributed by atoms with Crippen molar-refractivity contribution in [2.75, 3.05) is 13.2 Å². The summed E-state index contributed by atoms with van der Waals surface area (Å²) in [5.41, 5.74) is 0.